The lowest BCUT2D eigenvalue weighted by molar-refractivity contribution is -0.115. The van der Waals surface area contributed by atoms with Crippen molar-refractivity contribution < 1.29 is 9.59 Å². The molecule has 27 heavy (non-hydrogen) atoms. The largest absolute Gasteiger partial charge is 0.324 e. The molecule has 0 fully saturated rings. The fourth-order valence-electron chi connectivity index (χ4n) is 2.63. The first-order valence-electron chi connectivity index (χ1n) is 7.97. The van der Waals surface area contributed by atoms with E-state index in [1.165, 1.54) is 13.8 Å². The number of amides is 2. The molecule has 0 aliphatic heterocycles. The molecule has 4 nitrogen and oxygen atoms in total. The van der Waals surface area contributed by atoms with Crippen molar-refractivity contribution in [2.45, 2.75) is 33.1 Å². The van der Waals surface area contributed by atoms with Crippen LogP contribution in [0.2, 0.25) is 0 Å². The highest BCUT2D eigenvalue weighted by Crippen LogP contribution is 2.42. The number of hydrogen-bond acceptors (Lipinski definition) is 2. The molecule has 2 rings (SSSR count). The Hall–Kier alpha value is -0.700. The number of rotatable bonds is 4. The van der Waals surface area contributed by atoms with Gasteiger partial charge in [-0.3, -0.25) is 9.59 Å². The third-order valence-electron chi connectivity index (χ3n) is 4.13. The van der Waals surface area contributed by atoms with Crippen LogP contribution in [0.25, 0.3) is 0 Å². The third-order valence-corrected chi connectivity index (χ3v) is 6.63. The maximum absolute atomic E-state index is 11.4. The predicted octanol–water partition coefficient (Wildman–Crippen LogP) is 6.98. The summed E-state index contributed by atoms with van der Waals surface area (Å²) in [6.07, 6.45) is 0. The van der Waals surface area contributed by atoms with Crippen LogP contribution in [0.3, 0.4) is 0 Å². The van der Waals surface area contributed by atoms with Gasteiger partial charge in [0.1, 0.15) is 0 Å². The van der Waals surface area contributed by atoms with Crippen LogP contribution in [-0.2, 0) is 15.0 Å². The quantitative estimate of drug-likeness (QED) is 0.385. The summed E-state index contributed by atoms with van der Waals surface area (Å²) in [5.74, 6) is -0.269. The number of anilines is 2. The Morgan fingerprint density at radius 3 is 1.19 bits per heavy atom. The maximum atomic E-state index is 11.4. The molecule has 0 aliphatic carbocycles. The molecule has 0 aliphatic rings. The molecule has 0 aromatic heterocycles. The van der Waals surface area contributed by atoms with Crippen molar-refractivity contribution in [3.8, 4) is 0 Å². The van der Waals surface area contributed by atoms with Gasteiger partial charge in [0.2, 0.25) is 11.8 Å². The van der Waals surface area contributed by atoms with Crippen LogP contribution in [-0.4, -0.2) is 11.8 Å². The van der Waals surface area contributed by atoms with Crippen LogP contribution >= 0.6 is 63.7 Å². The number of carbonyl (C=O) groups is 2. The molecular formula is C19H18Br4N2O2. The fourth-order valence-corrected chi connectivity index (χ4v) is 5.39. The minimum absolute atomic E-state index is 0.134. The SMILES string of the molecule is CC(=O)Nc1c(Br)cc(C(C)(C)c2cc(Br)c(NC(C)=O)c(Br)c2)cc1Br. The molecule has 0 bridgehead atoms. The Morgan fingerprint density at radius 2 is 0.963 bits per heavy atom. The van der Waals surface area contributed by atoms with E-state index in [1.54, 1.807) is 0 Å². The smallest absolute Gasteiger partial charge is 0.221 e. The van der Waals surface area contributed by atoms with E-state index < -0.39 is 0 Å². The minimum atomic E-state index is -0.334. The Kier molecular flexibility index (Phi) is 7.33. The molecule has 0 saturated heterocycles. The van der Waals surface area contributed by atoms with Crippen LogP contribution in [0, 0.1) is 0 Å². The zero-order valence-corrected chi connectivity index (χ0v) is 21.5. The van der Waals surface area contributed by atoms with E-state index in [-0.39, 0.29) is 17.2 Å². The van der Waals surface area contributed by atoms with Gasteiger partial charge in [-0.25, -0.2) is 0 Å². The standard InChI is InChI=1S/C19H18Br4N2O2/c1-9(26)24-17-13(20)5-11(6-14(17)21)19(3,4)12-7-15(22)18(16(23)8-12)25-10(2)27/h5-8H,1-4H3,(H,24,26)(H,25,27). The average Bonchev–Trinajstić information content (AvgIpc) is 2.53. The topological polar surface area (TPSA) is 58.2 Å². The van der Waals surface area contributed by atoms with Gasteiger partial charge in [0, 0.05) is 37.2 Å². The zero-order chi connectivity index (χ0) is 20.5. The molecule has 2 aromatic rings. The molecule has 0 spiro atoms. The Balaban J connectivity index is 2.53. The van der Waals surface area contributed by atoms with E-state index in [0.29, 0.717) is 11.4 Å². The van der Waals surface area contributed by atoms with Crippen LogP contribution in [0.15, 0.2) is 42.2 Å². The first kappa shape index (κ1) is 22.6. The lowest BCUT2D eigenvalue weighted by atomic mass is 9.78. The molecule has 2 aromatic carbocycles. The van der Waals surface area contributed by atoms with Crippen LogP contribution in [0.4, 0.5) is 11.4 Å². The van der Waals surface area contributed by atoms with Crippen molar-refractivity contribution in [3.63, 3.8) is 0 Å². The number of halogens is 4. The lowest BCUT2D eigenvalue weighted by Gasteiger charge is -2.28. The van der Waals surface area contributed by atoms with E-state index in [0.717, 1.165) is 29.0 Å². The molecule has 0 unspecified atom stereocenters. The van der Waals surface area contributed by atoms with Gasteiger partial charge in [-0.05, 0) is 99.1 Å². The maximum Gasteiger partial charge on any atom is 0.221 e. The summed E-state index contributed by atoms with van der Waals surface area (Å²) in [7, 11) is 0. The molecule has 8 heteroatoms. The summed E-state index contributed by atoms with van der Waals surface area (Å²) < 4.78 is 3.18. The number of nitrogens with one attached hydrogen (secondary N) is 2. The second kappa shape index (κ2) is 8.76. The minimum Gasteiger partial charge on any atom is -0.324 e. The second-order valence-corrected chi connectivity index (χ2v) is 10.0. The average molecular weight is 626 g/mol. The summed E-state index contributed by atoms with van der Waals surface area (Å²) >= 11 is 14.2. The van der Waals surface area contributed by atoms with Gasteiger partial charge >= 0.3 is 0 Å². The zero-order valence-electron chi connectivity index (χ0n) is 15.1. The highest BCUT2D eigenvalue weighted by Gasteiger charge is 2.27. The molecule has 0 atom stereocenters. The Labute approximate surface area is 192 Å². The van der Waals surface area contributed by atoms with Gasteiger partial charge in [-0.1, -0.05) is 13.8 Å². The molecule has 2 amide bonds. The lowest BCUT2D eigenvalue weighted by Crippen LogP contribution is -2.20. The molecule has 0 radical (unpaired) electrons. The highest BCUT2D eigenvalue weighted by molar-refractivity contribution is 9.11. The van der Waals surface area contributed by atoms with Crippen molar-refractivity contribution in [1.82, 2.24) is 0 Å². The van der Waals surface area contributed by atoms with Crippen molar-refractivity contribution in [2.75, 3.05) is 10.6 Å². The summed E-state index contributed by atoms with van der Waals surface area (Å²) in [5, 5.41) is 5.63. The second-order valence-electron chi connectivity index (χ2n) is 6.62. The van der Waals surface area contributed by atoms with E-state index in [4.69, 9.17) is 0 Å². The molecule has 2 N–H and O–H groups in total. The van der Waals surface area contributed by atoms with Gasteiger partial charge in [0.25, 0.3) is 0 Å². The fraction of sp³-hybridized carbons (Fsp3) is 0.263. The van der Waals surface area contributed by atoms with Crippen LogP contribution in [0.5, 0.6) is 0 Å². The van der Waals surface area contributed by atoms with E-state index >= 15 is 0 Å². The first-order valence-corrected chi connectivity index (χ1v) is 11.1. The summed E-state index contributed by atoms with van der Waals surface area (Å²) in [4.78, 5) is 22.8. The van der Waals surface area contributed by atoms with Crippen molar-refractivity contribution in [2.24, 2.45) is 0 Å². The van der Waals surface area contributed by atoms with E-state index in [1.807, 2.05) is 24.3 Å². The van der Waals surface area contributed by atoms with Gasteiger partial charge in [-0.15, -0.1) is 0 Å². The monoisotopic (exact) mass is 622 g/mol. The number of hydrogen-bond donors (Lipinski definition) is 2. The van der Waals surface area contributed by atoms with Gasteiger partial charge in [-0.2, -0.15) is 0 Å². The molecule has 0 heterocycles. The first-order chi connectivity index (χ1) is 12.4. The third kappa shape index (κ3) is 5.22. The van der Waals surface area contributed by atoms with Crippen molar-refractivity contribution >= 4 is 86.9 Å². The highest BCUT2D eigenvalue weighted by atomic mass is 79.9. The van der Waals surface area contributed by atoms with Gasteiger partial charge in [0.05, 0.1) is 11.4 Å². The van der Waals surface area contributed by atoms with Crippen LogP contribution < -0.4 is 10.6 Å². The molecular weight excluding hydrogens is 608 g/mol. The van der Waals surface area contributed by atoms with Gasteiger partial charge < -0.3 is 10.6 Å². The molecule has 144 valence electrons. The number of carbonyl (C=O) groups excluding carboxylic acids is 2. The normalized spacial score (nSPS) is 11.3. The molecule has 0 saturated carbocycles. The van der Waals surface area contributed by atoms with Gasteiger partial charge in [0.15, 0.2) is 0 Å². The predicted molar refractivity (Wildman–Crippen MR) is 124 cm³/mol. The Morgan fingerprint density at radius 1 is 0.704 bits per heavy atom. The van der Waals surface area contributed by atoms with Crippen molar-refractivity contribution in [3.05, 3.63) is 53.3 Å². The van der Waals surface area contributed by atoms with Crippen LogP contribution in [0.1, 0.15) is 38.8 Å². The summed E-state index contributed by atoms with van der Waals surface area (Å²) in [5.41, 5.74) is 3.18. The number of benzene rings is 2. The summed E-state index contributed by atoms with van der Waals surface area (Å²) in [6.45, 7) is 7.18. The van der Waals surface area contributed by atoms with E-state index in [9.17, 15) is 9.59 Å². The summed E-state index contributed by atoms with van der Waals surface area (Å²) in [6, 6.07) is 8.00. The van der Waals surface area contributed by atoms with Crippen molar-refractivity contribution in [1.29, 1.82) is 0 Å². The Bertz CT molecular complexity index is 806. The van der Waals surface area contributed by atoms with E-state index in [2.05, 4.69) is 88.2 Å².